The lowest BCUT2D eigenvalue weighted by molar-refractivity contribution is 0.0736. The zero-order valence-corrected chi connectivity index (χ0v) is 15.4. The predicted octanol–water partition coefficient (Wildman–Crippen LogP) is 4.88. The highest BCUT2D eigenvalue weighted by molar-refractivity contribution is 7.09. The first-order valence-electron chi connectivity index (χ1n) is 8.66. The molecule has 3 aromatic heterocycles. The number of benzene rings is 1. The van der Waals surface area contributed by atoms with E-state index in [9.17, 15) is 4.79 Å². The first-order chi connectivity index (χ1) is 13.3. The number of furan rings is 1. The number of hydrogen-bond donors (Lipinski definition) is 0. The fraction of sp³-hybridized carbons (Fsp3) is 0.143. The van der Waals surface area contributed by atoms with Crippen LogP contribution in [0.3, 0.4) is 0 Å². The molecule has 27 heavy (non-hydrogen) atoms. The van der Waals surface area contributed by atoms with Crippen molar-refractivity contribution >= 4 is 17.2 Å². The summed E-state index contributed by atoms with van der Waals surface area (Å²) in [6, 6.07) is 19.3. The maximum atomic E-state index is 13.1. The second-order valence-electron chi connectivity index (χ2n) is 6.10. The van der Waals surface area contributed by atoms with Gasteiger partial charge < -0.3 is 13.8 Å². The van der Waals surface area contributed by atoms with Gasteiger partial charge >= 0.3 is 0 Å². The molecular weight excluding hydrogens is 360 g/mol. The Balaban J connectivity index is 1.52. The number of aromatic nitrogens is 1. The fourth-order valence-electron chi connectivity index (χ4n) is 2.82. The zero-order valence-electron chi connectivity index (χ0n) is 14.6. The fourth-order valence-corrected chi connectivity index (χ4v) is 3.54. The highest BCUT2D eigenvalue weighted by Crippen LogP contribution is 2.22. The van der Waals surface area contributed by atoms with Crippen molar-refractivity contribution in [1.29, 1.82) is 0 Å². The highest BCUT2D eigenvalue weighted by Gasteiger charge is 2.21. The molecule has 0 saturated carbocycles. The summed E-state index contributed by atoms with van der Waals surface area (Å²) in [6.07, 6.45) is 2.34. The lowest BCUT2D eigenvalue weighted by Crippen LogP contribution is -2.32. The van der Waals surface area contributed by atoms with Gasteiger partial charge in [0.25, 0.3) is 5.91 Å². The van der Waals surface area contributed by atoms with Gasteiger partial charge in [0.2, 0.25) is 5.76 Å². The van der Waals surface area contributed by atoms with Crippen molar-refractivity contribution in [3.05, 3.63) is 88.4 Å². The Morgan fingerprint density at radius 2 is 1.93 bits per heavy atom. The number of hydrogen-bond acceptors (Lipinski definition) is 5. The summed E-state index contributed by atoms with van der Waals surface area (Å²) in [5.74, 6) is 0.846. The van der Waals surface area contributed by atoms with E-state index in [4.69, 9.17) is 8.94 Å². The van der Waals surface area contributed by atoms with Crippen LogP contribution in [0, 0.1) is 0 Å². The molecule has 0 radical (unpaired) electrons. The van der Waals surface area contributed by atoms with Crippen molar-refractivity contribution < 1.29 is 13.7 Å². The minimum absolute atomic E-state index is 0.152. The normalized spacial score (nSPS) is 10.8. The van der Waals surface area contributed by atoms with Crippen LogP contribution >= 0.6 is 11.3 Å². The molecule has 0 aliphatic heterocycles. The lowest BCUT2D eigenvalue weighted by Gasteiger charge is -2.21. The number of carbonyl (C=O) groups is 1. The SMILES string of the molecule is O=C(c1cc(-c2ccco2)on1)N(CCc1ccccc1)Cc1cccs1. The van der Waals surface area contributed by atoms with Crippen molar-refractivity contribution in [2.45, 2.75) is 13.0 Å². The number of rotatable bonds is 7. The van der Waals surface area contributed by atoms with Gasteiger partial charge in [0.1, 0.15) is 0 Å². The van der Waals surface area contributed by atoms with Crippen molar-refractivity contribution in [2.75, 3.05) is 6.54 Å². The van der Waals surface area contributed by atoms with Crippen LogP contribution in [0.2, 0.25) is 0 Å². The van der Waals surface area contributed by atoms with E-state index in [1.165, 1.54) is 5.56 Å². The van der Waals surface area contributed by atoms with E-state index in [2.05, 4.69) is 17.3 Å². The molecule has 3 heterocycles. The molecule has 0 spiro atoms. The van der Waals surface area contributed by atoms with E-state index in [1.54, 1.807) is 35.8 Å². The summed E-state index contributed by atoms with van der Waals surface area (Å²) in [4.78, 5) is 16.0. The van der Waals surface area contributed by atoms with Crippen LogP contribution in [0.4, 0.5) is 0 Å². The molecular formula is C21H18N2O3S. The number of carbonyl (C=O) groups excluding carboxylic acids is 1. The third-order valence-electron chi connectivity index (χ3n) is 4.22. The van der Waals surface area contributed by atoms with Crippen molar-refractivity contribution in [3.63, 3.8) is 0 Å². The van der Waals surface area contributed by atoms with E-state index in [-0.39, 0.29) is 11.6 Å². The molecule has 0 N–H and O–H groups in total. The van der Waals surface area contributed by atoms with Crippen LogP contribution in [-0.4, -0.2) is 22.5 Å². The molecule has 4 rings (SSSR count). The molecule has 5 nitrogen and oxygen atoms in total. The van der Waals surface area contributed by atoms with Crippen LogP contribution < -0.4 is 0 Å². The molecule has 4 aromatic rings. The van der Waals surface area contributed by atoms with E-state index in [1.807, 2.05) is 40.6 Å². The number of nitrogens with zero attached hydrogens (tertiary/aromatic N) is 2. The third kappa shape index (κ3) is 4.17. The van der Waals surface area contributed by atoms with E-state index in [0.29, 0.717) is 24.6 Å². The molecule has 0 bridgehead atoms. The Bertz CT molecular complexity index is 976. The molecule has 0 saturated heterocycles. The standard InChI is InChI=1S/C21H18N2O3S/c24-21(18-14-20(26-22-18)19-9-4-12-25-19)23(15-17-8-5-13-27-17)11-10-16-6-2-1-3-7-16/h1-9,12-14H,10-11,15H2. The number of thiophene rings is 1. The van der Waals surface area contributed by atoms with Gasteiger partial charge in [0, 0.05) is 17.5 Å². The Morgan fingerprint density at radius 3 is 2.67 bits per heavy atom. The zero-order chi connectivity index (χ0) is 18.5. The van der Waals surface area contributed by atoms with Gasteiger partial charge in [-0.1, -0.05) is 41.6 Å². The summed E-state index contributed by atoms with van der Waals surface area (Å²) in [7, 11) is 0. The highest BCUT2D eigenvalue weighted by atomic mass is 32.1. The van der Waals surface area contributed by atoms with Gasteiger partial charge in [-0.25, -0.2) is 0 Å². The summed E-state index contributed by atoms with van der Waals surface area (Å²) in [6.45, 7) is 1.15. The Morgan fingerprint density at radius 1 is 1.04 bits per heavy atom. The second-order valence-corrected chi connectivity index (χ2v) is 7.13. The van der Waals surface area contributed by atoms with E-state index < -0.39 is 0 Å². The van der Waals surface area contributed by atoms with E-state index in [0.717, 1.165) is 11.3 Å². The van der Waals surface area contributed by atoms with Gasteiger partial charge in [-0.05, 0) is 35.6 Å². The van der Waals surface area contributed by atoms with Gasteiger partial charge in [-0.15, -0.1) is 11.3 Å². The maximum Gasteiger partial charge on any atom is 0.276 e. The minimum atomic E-state index is -0.152. The quantitative estimate of drug-likeness (QED) is 0.460. The van der Waals surface area contributed by atoms with Crippen LogP contribution in [0.25, 0.3) is 11.5 Å². The average molecular weight is 378 g/mol. The lowest BCUT2D eigenvalue weighted by atomic mass is 10.1. The topological polar surface area (TPSA) is 59.5 Å². The van der Waals surface area contributed by atoms with Crippen LogP contribution in [0.1, 0.15) is 20.9 Å². The molecule has 0 atom stereocenters. The predicted molar refractivity (Wildman–Crippen MR) is 103 cm³/mol. The van der Waals surface area contributed by atoms with Gasteiger partial charge in [-0.3, -0.25) is 4.79 Å². The second kappa shape index (κ2) is 8.05. The molecule has 6 heteroatoms. The summed E-state index contributed by atoms with van der Waals surface area (Å²) >= 11 is 1.64. The molecule has 0 aliphatic carbocycles. The Kier molecular flexibility index (Phi) is 5.16. The third-order valence-corrected chi connectivity index (χ3v) is 5.08. The first kappa shape index (κ1) is 17.3. The van der Waals surface area contributed by atoms with Crippen molar-refractivity contribution in [1.82, 2.24) is 10.1 Å². The van der Waals surface area contributed by atoms with Crippen LogP contribution in [0.5, 0.6) is 0 Å². The number of amides is 1. The molecule has 1 aromatic carbocycles. The molecule has 136 valence electrons. The molecule has 1 amide bonds. The smallest absolute Gasteiger partial charge is 0.276 e. The minimum Gasteiger partial charge on any atom is -0.461 e. The molecule has 0 aliphatic rings. The summed E-state index contributed by atoms with van der Waals surface area (Å²) < 4.78 is 10.6. The van der Waals surface area contributed by atoms with E-state index >= 15 is 0 Å². The van der Waals surface area contributed by atoms with Crippen LogP contribution in [-0.2, 0) is 13.0 Å². The van der Waals surface area contributed by atoms with Gasteiger partial charge in [0.05, 0.1) is 12.8 Å². The monoisotopic (exact) mass is 378 g/mol. The largest absolute Gasteiger partial charge is 0.461 e. The van der Waals surface area contributed by atoms with Gasteiger partial charge in [-0.2, -0.15) is 0 Å². The summed E-state index contributed by atoms with van der Waals surface area (Å²) in [5, 5.41) is 5.97. The Hall–Kier alpha value is -3.12. The first-order valence-corrected chi connectivity index (χ1v) is 9.54. The molecule has 0 unspecified atom stereocenters. The molecule has 0 fully saturated rings. The van der Waals surface area contributed by atoms with Gasteiger partial charge in [0.15, 0.2) is 11.5 Å². The Labute approximate surface area is 160 Å². The maximum absolute atomic E-state index is 13.1. The van der Waals surface area contributed by atoms with Crippen molar-refractivity contribution in [3.8, 4) is 11.5 Å². The van der Waals surface area contributed by atoms with Crippen LogP contribution in [0.15, 0.2) is 81.2 Å². The van der Waals surface area contributed by atoms with Crippen molar-refractivity contribution in [2.24, 2.45) is 0 Å². The summed E-state index contributed by atoms with van der Waals surface area (Å²) in [5.41, 5.74) is 1.48. The average Bonchev–Trinajstić information content (AvgIpc) is 3.47.